The number of carbonyl (C=O) groups excluding carboxylic acids is 2. The molecule has 5 nitrogen and oxygen atoms in total. The molecule has 2 bridgehead atoms. The Balaban J connectivity index is 1.94. The maximum absolute atomic E-state index is 12.3. The summed E-state index contributed by atoms with van der Waals surface area (Å²) in [6, 6.07) is 0. The van der Waals surface area contributed by atoms with Crippen molar-refractivity contribution in [3.63, 3.8) is 0 Å². The van der Waals surface area contributed by atoms with Gasteiger partial charge in [0.05, 0.1) is 25.4 Å². The number of hydrogen-bond donors (Lipinski definition) is 1. The van der Waals surface area contributed by atoms with Crippen LogP contribution in [0.25, 0.3) is 0 Å². The molecule has 0 aliphatic carbocycles. The molecule has 124 valence electrons. The van der Waals surface area contributed by atoms with E-state index >= 15 is 0 Å². The molecule has 2 aliphatic rings. The van der Waals surface area contributed by atoms with Crippen molar-refractivity contribution in [3.8, 4) is 0 Å². The second-order valence-electron chi connectivity index (χ2n) is 5.83. The Morgan fingerprint density at radius 3 is 2.18 bits per heavy atom. The molecule has 5 atom stereocenters. The van der Waals surface area contributed by atoms with Crippen LogP contribution in [0.3, 0.4) is 0 Å². The summed E-state index contributed by atoms with van der Waals surface area (Å²) >= 11 is 4.25. The summed E-state index contributed by atoms with van der Waals surface area (Å²) < 4.78 is 16.2. The fourth-order valence-corrected chi connectivity index (χ4v) is 2.82. The smallest absolute Gasteiger partial charge is 0.312 e. The second kappa shape index (κ2) is 8.02. The van der Waals surface area contributed by atoms with Crippen molar-refractivity contribution in [2.75, 3.05) is 13.2 Å². The Labute approximate surface area is 136 Å². The highest BCUT2D eigenvalue weighted by Gasteiger charge is 2.54. The van der Waals surface area contributed by atoms with Gasteiger partial charge in [0, 0.05) is 5.25 Å². The molecule has 6 heteroatoms. The van der Waals surface area contributed by atoms with Crippen LogP contribution in [0.2, 0.25) is 0 Å². The number of hydrogen-bond acceptors (Lipinski definition) is 6. The van der Waals surface area contributed by atoms with Gasteiger partial charge >= 0.3 is 11.9 Å². The maximum atomic E-state index is 12.3. The van der Waals surface area contributed by atoms with Crippen LogP contribution in [0.4, 0.5) is 0 Å². The van der Waals surface area contributed by atoms with Crippen LogP contribution in [0.1, 0.15) is 33.1 Å². The molecule has 5 unspecified atom stereocenters. The lowest BCUT2D eigenvalue weighted by molar-refractivity contribution is -0.160. The Hall–Kier alpha value is -1.01. The third kappa shape index (κ3) is 4.04. The first-order valence-electron chi connectivity index (χ1n) is 7.89. The van der Waals surface area contributed by atoms with E-state index in [9.17, 15) is 9.59 Å². The van der Waals surface area contributed by atoms with Gasteiger partial charge in [-0.15, -0.1) is 0 Å². The van der Waals surface area contributed by atoms with Crippen LogP contribution in [0.15, 0.2) is 12.2 Å². The summed E-state index contributed by atoms with van der Waals surface area (Å²) in [6.07, 6.45) is 5.35. The fraction of sp³-hybridized carbons (Fsp3) is 0.750. The zero-order valence-corrected chi connectivity index (χ0v) is 14.0. The van der Waals surface area contributed by atoms with E-state index in [1.54, 1.807) is 0 Å². The third-order valence-corrected chi connectivity index (χ3v) is 4.22. The molecular formula is C16H24O5S. The largest absolute Gasteiger partial charge is 0.465 e. The number of fused-ring (bicyclic) bond motifs is 2. The molecule has 0 aromatic heterocycles. The number of esters is 2. The minimum atomic E-state index is -0.598. The van der Waals surface area contributed by atoms with Crippen molar-refractivity contribution in [3.05, 3.63) is 12.2 Å². The summed E-state index contributed by atoms with van der Waals surface area (Å²) in [7, 11) is 0. The summed E-state index contributed by atoms with van der Waals surface area (Å²) in [5.41, 5.74) is 0. The molecule has 2 rings (SSSR count). The zero-order valence-electron chi connectivity index (χ0n) is 13.1. The zero-order chi connectivity index (χ0) is 16.1. The van der Waals surface area contributed by atoms with Crippen molar-refractivity contribution in [1.29, 1.82) is 0 Å². The van der Waals surface area contributed by atoms with Crippen LogP contribution in [-0.2, 0) is 23.8 Å². The van der Waals surface area contributed by atoms with Crippen LogP contribution in [-0.4, -0.2) is 42.6 Å². The molecule has 0 amide bonds. The molecule has 2 heterocycles. The van der Waals surface area contributed by atoms with E-state index in [-0.39, 0.29) is 29.4 Å². The highest BCUT2D eigenvalue weighted by Crippen LogP contribution is 2.40. The predicted molar refractivity (Wildman–Crippen MR) is 84.7 cm³/mol. The summed E-state index contributed by atoms with van der Waals surface area (Å²) in [5, 5.41) is 0.166. The third-order valence-electron chi connectivity index (χ3n) is 3.97. The number of rotatable bonds is 8. The minimum Gasteiger partial charge on any atom is -0.465 e. The molecule has 0 saturated carbocycles. The van der Waals surface area contributed by atoms with Gasteiger partial charge in [0.2, 0.25) is 0 Å². The molecule has 2 aliphatic heterocycles. The maximum Gasteiger partial charge on any atom is 0.312 e. The average Bonchev–Trinajstić information content (AvgIpc) is 3.07. The fourth-order valence-electron chi connectivity index (χ4n) is 2.71. The lowest BCUT2D eigenvalue weighted by Gasteiger charge is -2.22. The molecule has 0 radical (unpaired) electrons. The van der Waals surface area contributed by atoms with Crippen molar-refractivity contribution in [2.45, 2.75) is 50.6 Å². The van der Waals surface area contributed by atoms with Gasteiger partial charge in [-0.25, -0.2) is 0 Å². The molecule has 0 aromatic rings. The number of unbranched alkanes of at least 4 members (excludes halogenated alkanes) is 1. The van der Waals surface area contributed by atoms with Crippen molar-refractivity contribution >= 4 is 24.6 Å². The quantitative estimate of drug-likeness (QED) is 0.320. The first-order valence-corrected chi connectivity index (χ1v) is 8.41. The first-order chi connectivity index (χ1) is 10.5. The minimum absolute atomic E-state index is 0.166. The Morgan fingerprint density at radius 1 is 1.14 bits per heavy atom. The first kappa shape index (κ1) is 17.3. The van der Waals surface area contributed by atoms with Crippen molar-refractivity contribution < 1.29 is 23.8 Å². The molecule has 22 heavy (non-hydrogen) atoms. The highest BCUT2D eigenvalue weighted by molar-refractivity contribution is 7.80. The second-order valence-corrected chi connectivity index (χ2v) is 6.71. The molecule has 1 saturated heterocycles. The Kier molecular flexibility index (Phi) is 6.32. The SMILES string of the molecule is CCCCOC(=O)C1C2C=CC(O2)C1C(=O)OCCC(C)S. The summed E-state index contributed by atoms with van der Waals surface area (Å²) in [5.74, 6) is -1.94. The predicted octanol–water partition coefficient (Wildman–Crippen LogP) is 2.15. The Morgan fingerprint density at radius 2 is 1.68 bits per heavy atom. The van der Waals surface area contributed by atoms with Gasteiger partial charge in [0.25, 0.3) is 0 Å². The number of ether oxygens (including phenoxy) is 3. The van der Waals surface area contributed by atoms with E-state index in [0.717, 1.165) is 12.8 Å². The molecule has 0 aromatic carbocycles. The average molecular weight is 328 g/mol. The van der Waals surface area contributed by atoms with Crippen LogP contribution < -0.4 is 0 Å². The van der Waals surface area contributed by atoms with E-state index in [0.29, 0.717) is 19.6 Å². The number of thiol groups is 1. The standard InChI is InChI=1S/C16H24O5S/c1-3-4-8-19-15(17)13-11-5-6-12(21-11)14(13)16(18)20-9-7-10(2)22/h5-6,10-14,22H,3-4,7-9H2,1-2H3. The Bertz CT molecular complexity index is 434. The normalized spacial score (nSPS) is 30.3. The molecule has 0 spiro atoms. The van der Waals surface area contributed by atoms with Crippen molar-refractivity contribution in [1.82, 2.24) is 0 Å². The van der Waals surface area contributed by atoms with Gasteiger partial charge in [-0.1, -0.05) is 32.4 Å². The molecular weight excluding hydrogens is 304 g/mol. The summed E-state index contributed by atoms with van der Waals surface area (Å²) in [4.78, 5) is 24.5. The van der Waals surface area contributed by atoms with Gasteiger partial charge in [-0.3, -0.25) is 9.59 Å². The lowest BCUT2D eigenvalue weighted by atomic mass is 9.83. The van der Waals surface area contributed by atoms with Crippen molar-refractivity contribution in [2.24, 2.45) is 11.8 Å². The number of carbonyl (C=O) groups is 2. The van der Waals surface area contributed by atoms with Gasteiger partial charge in [0.1, 0.15) is 11.8 Å². The van der Waals surface area contributed by atoms with E-state index in [4.69, 9.17) is 14.2 Å². The lowest BCUT2D eigenvalue weighted by Crippen LogP contribution is -2.38. The molecule has 0 N–H and O–H groups in total. The van der Waals surface area contributed by atoms with Gasteiger partial charge < -0.3 is 14.2 Å². The van der Waals surface area contributed by atoms with E-state index in [1.807, 2.05) is 26.0 Å². The van der Waals surface area contributed by atoms with E-state index in [2.05, 4.69) is 12.6 Å². The molecule has 1 fully saturated rings. The van der Waals surface area contributed by atoms with Gasteiger partial charge in [-0.2, -0.15) is 12.6 Å². The monoisotopic (exact) mass is 328 g/mol. The van der Waals surface area contributed by atoms with Gasteiger partial charge in [-0.05, 0) is 12.8 Å². The highest BCUT2D eigenvalue weighted by atomic mass is 32.1. The summed E-state index contributed by atoms with van der Waals surface area (Å²) in [6.45, 7) is 4.65. The topological polar surface area (TPSA) is 61.8 Å². The van der Waals surface area contributed by atoms with E-state index < -0.39 is 11.8 Å². The van der Waals surface area contributed by atoms with E-state index in [1.165, 1.54) is 0 Å². The van der Waals surface area contributed by atoms with Crippen LogP contribution in [0, 0.1) is 11.8 Å². The van der Waals surface area contributed by atoms with Gasteiger partial charge in [0.15, 0.2) is 0 Å². The van der Waals surface area contributed by atoms with Crippen LogP contribution in [0.5, 0.6) is 0 Å². The van der Waals surface area contributed by atoms with Crippen LogP contribution >= 0.6 is 12.6 Å².